The van der Waals surface area contributed by atoms with E-state index in [-0.39, 0.29) is 20.1 Å². The summed E-state index contributed by atoms with van der Waals surface area (Å²) in [5, 5.41) is 4.95. The monoisotopic (exact) mass is 1140 g/mol. The minimum Gasteiger partial charge on any atom is -0.494 e. The SMILES string of the molecule is CC(C)(C)OC(=O)N1CCCNCC1.CN(C)c1ccccc1-c1ccccc1P(C1CCCCC1)C1CCCCC1.COc1cccnc1I.COc1cccnc1N1CCCN(C(=O)OC(C)(C)C)CC1. The van der Waals surface area contributed by atoms with Crippen LogP contribution in [0.3, 0.4) is 0 Å². The van der Waals surface area contributed by atoms with E-state index in [4.69, 9.17) is 18.9 Å². The second-order valence-corrected chi connectivity index (χ2v) is 25.1. The Bertz CT molecular complexity index is 2240. The van der Waals surface area contributed by atoms with Crippen LogP contribution < -0.4 is 29.9 Å². The van der Waals surface area contributed by atoms with Gasteiger partial charge in [0.05, 0.1) is 14.2 Å². The molecular weight excluding hydrogens is 1050 g/mol. The number of pyridine rings is 2. The van der Waals surface area contributed by atoms with Crippen molar-refractivity contribution in [1.82, 2.24) is 25.1 Å². The Hall–Kier alpha value is -4.40. The number of hydrogen-bond donors (Lipinski definition) is 1. The molecule has 402 valence electrons. The van der Waals surface area contributed by atoms with Crippen molar-refractivity contribution in [2.45, 2.75) is 141 Å². The Morgan fingerprint density at radius 3 is 1.70 bits per heavy atom. The van der Waals surface area contributed by atoms with Gasteiger partial charge in [0.2, 0.25) is 0 Å². The van der Waals surface area contributed by atoms with Crippen LogP contribution in [-0.4, -0.2) is 135 Å². The summed E-state index contributed by atoms with van der Waals surface area (Å²) in [7, 11) is 7.54. The molecule has 73 heavy (non-hydrogen) atoms. The summed E-state index contributed by atoms with van der Waals surface area (Å²) in [6.07, 6.45) is 19.5. The van der Waals surface area contributed by atoms with E-state index in [0.717, 1.165) is 77.9 Å². The van der Waals surface area contributed by atoms with Crippen LogP contribution in [0.25, 0.3) is 11.1 Å². The number of carbonyl (C=O) groups excluding carboxylic acids is 2. The molecule has 1 N–H and O–H groups in total. The first-order valence-electron chi connectivity index (χ1n) is 26.7. The van der Waals surface area contributed by atoms with E-state index in [1.54, 1.807) is 41.7 Å². The summed E-state index contributed by atoms with van der Waals surface area (Å²) in [5.74, 6) is 2.42. The van der Waals surface area contributed by atoms with Gasteiger partial charge in [0.15, 0.2) is 17.3 Å². The molecule has 2 amide bonds. The fourth-order valence-corrected chi connectivity index (χ4v) is 14.2. The molecule has 8 rings (SSSR count). The van der Waals surface area contributed by atoms with Gasteiger partial charge in [-0.2, -0.15) is 0 Å². The molecule has 0 unspecified atom stereocenters. The molecule has 2 aliphatic carbocycles. The van der Waals surface area contributed by atoms with Crippen LogP contribution in [-0.2, 0) is 9.47 Å². The lowest BCUT2D eigenvalue weighted by Gasteiger charge is -2.39. The molecule has 4 aromatic rings. The number of nitrogens with one attached hydrogen (secondary N) is 1. The third-order valence-electron chi connectivity index (χ3n) is 13.1. The second kappa shape index (κ2) is 30.2. The summed E-state index contributed by atoms with van der Waals surface area (Å²) in [4.78, 5) is 40.2. The minimum atomic E-state index is -0.465. The van der Waals surface area contributed by atoms with Crippen molar-refractivity contribution in [3.63, 3.8) is 0 Å². The minimum absolute atomic E-state index is 0.0867. The van der Waals surface area contributed by atoms with Gasteiger partial charge in [0, 0.05) is 83.6 Å². The number of ether oxygens (including phenoxy) is 4. The highest BCUT2D eigenvalue weighted by atomic mass is 127. The molecule has 2 aromatic heterocycles. The fourth-order valence-electron chi connectivity index (χ4n) is 9.72. The molecule has 0 atom stereocenters. The average Bonchev–Trinajstić information content (AvgIpc) is 3.82. The van der Waals surface area contributed by atoms with Crippen LogP contribution in [0.4, 0.5) is 21.1 Å². The molecule has 0 spiro atoms. The van der Waals surface area contributed by atoms with Gasteiger partial charge in [0.1, 0.15) is 14.9 Å². The summed E-state index contributed by atoms with van der Waals surface area (Å²) in [6.45, 7) is 17.6. The highest BCUT2D eigenvalue weighted by Gasteiger charge is 2.34. The van der Waals surface area contributed by atoms with Crippen LogP contribution in [0.5, 0.6) is 11.5 Å². The van der Waals surface area contributed by atoms with E-state index < -0.39 is 11.2 Å². The Kier molecular flexibility index (Phi) is 24.6. The van der Waals surface area contributed by atoms with Gasteiger partial charge in [-0.3, -0.25) is 0 Å². The van der Waals surface area contributed by atoms with Crippen LogP contribution in [0.15, 0.2) is 85.2 Å². The predicted octanol–water partition coefficient (Wildman–Crippen LogP) is 12.6. The van der Waals surface area contributed by atoms with Crippen LogP contribution in [0, 0.1) is 3.70 Å². The Labute approximate surface area is 453 Å². The first-order valence-corrected chi connectivity index (χ1v) is 29.2. The number of nitrogens with zero attached hydrogens (tertiary/aromatic N) is 6. The molecule has 0 radical (unpaired) electrons. The maximum atomic E-state index is 12.2. The summed E-state index contributed by atoms with van der Waals surface area (Å²) in [6, 6.07) is 25.9. The number of rotatable bonds is 8. The first kappa shape index (κ1) is 59.5. The second-order valence-electron chi connectivity index (χ2n) is 21.3. The lowest BCUT2D eigenvalue weighted by atomic mass is 9.99. The maximum Gasteiger partial charge on any atom is 0.410 e. The molecular formula is C58H87IN7O6P. The Morgan fingerprint density at radius 2 is 1.14 bits per heavy atom. The van der Waals surface area contributed by atoms with E-state index in [1.165, 1.54) is 81.0 Å². The standard InChI is InChI=1S/C26H36NP.C16H25N3O3.C10H20N2O2.C6H6INO/c1-27(2)25-19-11-9-17-23(25)24-18-10-12-20-26(24)28(21-13-5-3-6-14-21)22-15-7-4-8-16-22;1-16(2,3)22-15(20)19-10-6-9-18(11-12-19)14-13(21-4)7-5-8-17-14;1-10(2,3)14-9(13)12-7-4-5-11-6-8-12;1-9-5-3-2-4-8-6(5)7/h9-12,17-22H,3-8,13-16H2,1-2H3;5,7-8H,6,9-12H2,1-4H3;11H,4-8H2,1-3H3;2-4H,1H3. The highest BCUT2D eigenvalue weighted by molar-refractivity contribution is 14.1. The highest BCUT2D eigenvalue weighted by Crippen LogP contribution is 2.56. The number of anilines is 2. The van der Waals surface area contributed by atoms with Crippen molar-refractivity contribution in [2.24, 2.45) is 0 Å². The van der Waals surface area contributed by atoms with Gasteiger partial charge in [-0.15, -0.1) is 0 Å². The number of benzene rings is 2. The van der Waals surface area contributed by atoms with Crippen molar-refractivity contribution in [3.05, 3.63) is 88.9 Å². The van der Waals surface area contributed by atoms with Gasteiger partial charge in [-0.1, -0.05) is 88.9 Å². The normalized spacial score (nSPS) is 17.0. The third-order valence-corrected chi connectivity index (χ3v) is 17.5. The zero-order chi connectivity index (χ0) is 52.8. The number of aromatic nitrogens is 2. The number of carbonyl (C=O) groups is 2. The summed E-state index contributed by atoms with van der Waals surface area (Å²) < 4.78 is 22.0. The van der Waals surface area contributed by atoms with Gasteiger partial charge < -0.3 is 43.9 Å². The number of hydrogen-bond acceptors (Lipinski definition) is 11. The molecule has 4 heterocycles. The zero-order valence-electron chi connectivity index (χ0n) is 45.8. The van der Waals surface area contributed by atoms with Gasteiger partial charge in [-0.25, -0.2) is 19.6 Å². The molecule has 2 saturated carbocycles. The van der Waals surface area contributed by atoms with Gasteiger partial charge in [-0.05, 0) is 162 Å². The predicted molar refractivity (Wildman–Crippen MR) is 311 cm³/mol. The molecule has 2 aliphatic heterocycles. The number of amides is 2. The van der Waals surface area contributed by atoms with Gasteiger partial charge in [0.25, 0.3) is 0 Å². The smallest absolute Gasteiger partial charge is 0.410 e. The molecule has 15 heteroatoms. The van der Waals surface area contributed by atoms with Crippen molar-refractivity contribution in [3.8, 4) is 22.6 Å². The van der Waals surface area contributed by atoms with E-state index in [2.05, 4.69) is 110 Å². The van der Waals surface area contributed by atoms with Crippen molar-refractivity contribution < 1.29 is 28.5 Å². The number of methoxy groups -OCH3 is 2. The molecule has 4 fully saturated rings. The van der Waals surface area contributed by atoms with Crippen molar-refractivity contribution >= 4 is 59.5 Å². The molecule has 2 aromatic carbocycles. The van der Waals surface area contributed by atoms with Crippen molar-refractivity contribution in [2.75, 3.05) is 90.5 Å². The first-order chi connectivity index (χ1) is 35.0. The summed E-state index contributed by atoms with van der Waals surface area (Å²) >= 11 is 2.12. The largest absolute Gasteiger partial charge is 0.494 e. The van der Waals surface area contributed by atoms with Gasteiger partial charge >= 0.3 is 12.2 Å². The quantitative estimate of drug-likeness (QED) is 0.103. The fraction of sp³-hybridized carbons (Fsp3) is 0.586. The maximum absolute atomic E-state index is 12.2. The molecule has 4 aliphatic rings. The Morgan fingerprint density at radius 1 is 0.603 bits per heavy atom. The average molecular weight is 1140 g/mol. The van der Waals surface area contributed by atoms with E-state index in [0.29, 0.717) is 19.6 Å². The Balaban J connectivity index is 0.000000195. The van der Waals surface area contributed by atoms with Crippen molar-refractivity contribution in [1.29, 1.82) is 0 Å². The van der Waals surface area contributed by atoms with E-state index in [1.807, 2.05) is 65.8 Å². The van der Waals surface area contributed by atoms with Crippen LogP contribution >= 0.6 is 30.5 Å². The zero-order valence-corrected chi connectivity index (χ0v) is 48.9. The number of para-hydroxylation sites is 1. The summed E-state index contributed by atoms with van der Waals surface area (Å²) in [5.41, 5.74) is 5.30. The third kappa shape index (κ3) is 19.7. The molecule has 0 bridgehead atoms. The van der Waals surface area contributed by atoms with E-state index >= 15 is 0 Å². The molecule has 13 nitrogen and oxygen atoms in total. The van der Waals surface area contributed by atoms with E-state index in [9.17, 15) is 9.59 Å². The molecule has 2 saturated heterocycles. The van der Waals surface area contributed by atoms with Crippen LogP contribution in [0.1, 0.15) is 119 Å². The lowest BCUT2D eigenvalue weighted by molar-refractivity contribution is 0.0252. The number of halogens is 1. The van der Waals surface area contributed by atoms with Crippen LogP contribution in [0.2, 0.25) is 0 Å². The topological polar surface area (TPSA) is 122 Å². The lowest BCUT2D eigenvalue weighted by Crippen LogP contribution is -2.39.